The second-order valence-electron chi connectivity index (χ2n) is 9.80. The van der Waals surface area contributed by atoms with Crippen LogP contribution in [0.1, 0.15) is 60.5 Å². The summed E-state index contributed by atoms with van der Waals surface area (Å²) >= 11 is 0. The van der Waals surface area contributed by atoms with E-state index in [-0.39, 0.29) is 16.8 Å². The number of urea groups is 1. The van der Waals surface area contributed by atoms with E-state index in [0.717, 1.165) is 49.7 Å². The summed E-state index contributed by atoms with van der Waals surface area (Å²) < 4.78 is 38.4. The smallest absolute Gasteiger partial charge is 0.328 e. The average molecular weight is 530 g/mol. The number of carbonyl (C=O) groups excluding carboxylic acids is 2. The van der Waals surface area contributed by atoms with Gasteiger partial charge in [0.1, 0.15) is 11.5 Å². The van der Waals surface area contributed by atoms with Crippen LogP contribution in [0.5, 0.6) is 11.5 Å². The van der Waals surface area contributed by atoms with Crippen molar-refractivity contribution in [1.82, 2.24) is 15.4 Å². The Hall–Kier alpha value is -3.27. The summed E-state index contributed by atoms with van der Waals surface area (Å²) in [5, 5.41) is 5.67. The van der Waals surface area contributed by atoms with Crippen LogP contribution in [0.4, 0.5) is 4.79 Å². The second-order valence-corrected chi connectivity index (χ2v) is 11.5. The van der Waals surface area contributed by atoms with Crippen molar-refractivity contribution in [3.63, 3.8) is 0 Å². The van der Waals surface area contributed by atoms with Gasteiger partial charge in [-0.15, -0.1) is 0 Å². The molecule has 2 aromatic carbocycles. The van der Waals surface area contributed by atoms with E-state index >= 15 is 0 Å². The fourth-order valence-corrected chi connectivity index (χ4v) is 5.71. The Balaban J connectivity index is 1.29. The molecule has 2 aromatic rings. The standard InChI is InChI=1S/C27H35N3O6S/c1-18-5-9-21(10-6-18)29-27(32)30-37(33,34)23-11-7-19(8-12-23)13-14-28-26(31)24-17-22(35-2)16-20-4-3-15-36-25(20)24/h7-8,11-12,16-18,21H,3-6,9-10,13-15H2,1-2H3,(H,28,31)(H2,29,30,32). The normalized spacial score (nSPS) is 19.2. The van der Waals surface area contributed by atoms with E-state index in [9.17, 15) is 18.0 Å². The molecule has 1 fully saturated rings. The van der Waals surface area contributed by atoms with Crippen LogP contribution in [-0.2, 0) is 22.9 Å². The topological polar surface area (TPSA) is 123 Å². The molecule has 200 valence electrons. The van der Waals surface area contributed by atoms with E-state index in [0.29, 0.717) is 42.6 Å². The highest BCUT2D eigenvalue weighted by atomic mass is 32.2. The largest absolute Gasteiger partial charge is 0.497 e. The summed E-state index contributed by atoms with van der Waals surface area (Å²) in [4.78, 5) is 25.1. The van der Waals surface area contributed by atoms with Gasteiger partial charge in [0.05, 0.1) is 24.2 Å². The molecule has 4 rings (SSSR count). The molecule has 2 aliphatic rings. The number of aryl methyl sites for hydroxylation is 1. The zero-order valence-corrected chi connectivity index (χ0v) is 22.2. The average Bonchev–Trinajstić information content (AvgIpc) is 2.89. The lowest BCUT2D eigenvalue weighted by molar-refractivity contribution is 0.0948. The van der Waals surface area contributed by atoms with E-state index < -0.39 is 16.1 Å². The van der Waals surface area contributed by atoms with Crippen molar-refractivity contribution >= 4 is 22.0 Å². The number of amides is 3. The minimum atomic E-state index is -3.98. The van der Waals surface area contributed by atoms with E-state index in [2.05, 4.69) is 22.3 Å². The molecule has 0 atom stereocenters. The summed E-state index contributed by atoms with van der Waals surface area (Å²) in [5.41, 5.74) is 2.26. The van der Waals surface area contributed by atoms with Gasteiger partial charge in [-0.05, 0) is 86.3 Å². The van der Waals surface area contributed by atoms with Crippen LogP contribution in [0.3, 0.4) is 0 Å². The maximum Gasteiger partial charge on any atom is 0.328 e. The zero-order valence-electron chi connectivity index (χ0n) is 21.3. The lowest BCUT2D eigenvalue weighted by Gasteiger charge is -2.26. The molecule has 3 N–H and O–H groups in total. The highest BCUT2D eigenvalue weighted by molar-refractivity contribution is 7.90. The monoisotopic (exact) mass is 529 g/mol. The van der Waals surface area contributed by atoms with Crippen molar-refractivity contribution in [1.29, 1.82) is 0 Å². The minimum Gasteiger partial charge on any atom is -0.497 e. The zero-order chi connectivity index (χ0) is 26.4. The van der Waals surface area contributed by atoms with E-state index in [4.69, 9.17) is 9.47 Å². The van der Waals surface area contributed by atoms with Gasteiger partial charge < -0.3 is 20.1 Å². The highest BCUT2D eigenvalue weighted by Gasteiger charge is 2.24. The third kappa shape index (κ3) is 6.94. The first-order valence-corrected chi connectivity index (χ1v) is 14.3. The molecule has 1 heterocycles. The Morgan fingerprint density at radius 2 is 1.81 bits per heavy atom. The summed E-state index contributed by atoms with van der Waals surface area (Å²) in [6, 6.07) is 9.15. The second kappa shape index (κ2) is 11.9. The Bertz CT molecular complexity index is 1220. The van der Waals surface area contributed by atoms with Gasteiger partial charge in [0.2, 0.25) is 0 Å². The van der Waals surface area contributed by atoms with Crippen LogP contribution in [-0.4, -0.2) is 46.7 Å². The number of hydrogen-bond acceptors (Lipinski definition) is 6. The number of carbonyl (C=O) groups is 2. The fourth-order valence-electron chi connectivity index (χ4n) is 4.79. The molecule has 0 radical (unpaired) electrons. The van der Waals surface area contributed by atoms with Crippen LogP contribution in [0.25, 0.3) is 0 Å². The number of nitrogens with one attached hydrogen (secondary N) is 3. The quantitative estimate of drug-likeness (QED) is 0.481. The van der Waals surface area contributed by atoms with Crippen LogP contribution in [0, 0.1) is 5.92 Å². The van der Waals surface area contributed by atoms with Crippen LogP contribution < -0.4 is 24.8 Å². The van der Waals surface area contributed by atoms with E-state index in [1.54, 1.807) is 25.3 Å². The lowest BCUT2D eigenvalue weighted by atomic mass is 9.87. The predicted molar refractivity (Wildman–Crippen MR) is 140 cm³/mol. The van der Waals surface area contributed by atoms with Crippen molar-refractivity contribution in [3.05, 3.63) is 53.1 Å². The molecule has 1 aliphatic carbocycles. The van der Waals surface area contributed by atoms with Gasteiger partial charge in [0.15, 0.2) is 0 Å². The Morgan fingerprint density at radius 1 is 1.08 bits per heavy atom. The summed E-state index contributed by atoms with van der Waals surface area (Å²) in [5.74, 6) is 1.60. The third-order valence-electron chi connectivity index (χ3n) is 6.97. The number of rotatable bonds is 8. The molecule has 0 saturated heterocycles. The van der Waals surface area contributed by atoms with Gasteiger partial charge in [-0.2, -0.15) is 0 Å². The van der Waals surface area contributed by atoms with Crippen molar-refractivity contribution in [2.45, 2.75) is 62.8 Å². The van der Waals surface area contributed by atoms with Crippen molar-refractivity contribution in [2.75, 3.05) is 20.3 Å². The van der Waals surface area contributed by atoms with E-state index in [1.807, 2.05) is 6.07 Å². The van der Waals surface area contributed by atoms with Crippen LogP contribution in [0.2, 0.25) is 0 Å². The molecule has 0 spiro atoms. The lowest BCUT2D eigenvalue weighted by Crippen LogP contribution is -2.45. The SMILES string of the molecule is COc1cc2c(c(C(=O)NCCc3ccc(S(=O)(=O)NC(=O)NC4CCC(C)CC4)cc3)c1)OCCC2. The molecule has 3 amide bonds. The molecular formula is C27H35N3O6S. The number of fused-ring (bicyclic) bond motifs is 1. The molecule has 0 unspecified atom stereocenters. The molecular weight excluding hydrogens is 494 g/mol. The summed E-state index contributed by atoms with van der Waals surface area (Å²) in [6.45, 7) is 3.11. The number of hydrogen-bond donors (Lipinski definition) is 3. The van der Waals surface area contributed by atoms with Gasteiger partial charge >= 0.3 is 6.03 Å². The first-order valence-electron chi connectivity index (χ1n) is 12.8. The molecule has 1 aliphatic heterocycles. The van der Waals surface area contributed by atoms with Crippen molar-refractivity contribution in [2.24, 2.45) is 5.92 Å². The number of ether oxygens (including phenoxy) is 2. The predicted octanol–water partition coefficient (Wildman–Crippen LogP) is 3.56. The van der Waals surface area contributed by atoms with Crippen molar-refractivity contribution in [3.8, 4) is 11.5 Å². The fraction of sp³-hybridized carbons (Fsp3) is 0.481. The molecule has 0 bridgehead atoms. The first-order chi connectivity index (χ1) is 17.7. The molecule has 10 heteroatoms. The minimum absolute atomic E-state index is 0.00183. The number of methoxy groups -OCH3 is 1. The maximum absolute atomic E-state index is 12.8. The van der Waals surface area contributed by atoms with Gasteiger partial charge in [0, 0.05) is 12.6 Å². The van der Waals surface area contributed by atoms with E-state index in [1.165, 1.54) is 12.1 Å². The summed E-state index contributed by atoms with van der Waals surface area (Å²) in [7, 11) is -2.42. The maximum atomic E-state index is 12.8. The first kappa shape index (κ1) is 26.8. The molecule has 1 saturated carbocycles. The van der Waals surface area contributed by atoms with Crippen LogP contribution >= 0.6 is 0 Å². The van der Waals surface area contributed by atoms with Crippen molar-refractivity contribution < 1.29 is 27.5 Å². The van der Waals surface area contributed by atoms with Gasteiger partial charge in [0.25, 0.3) is 15.9 Å². The Morgan fingerprint density at radius 3 is 2.51 bits per heavy atom. The third-order valence-corrected chi connectivity index (χ3v) is 8.31. The Labute approximate surface area is 218 Å². The van der Waals surface area contributed by atoms with Crippen LogP contribution in [0.15, 0.2) is 41.3 Å². The Kier molecular flexibility index (Phi) is 8.58. The van der Waals surface area contributed by atoms with Gasteiger partial charge in [-0.25, -0.2) is 17.9 Å². The summed E-state index contributed by atoms with van der Waals surface area (Å²) in [6.07, 6.45) is 5.99. The molecule has 37 heavy (non-hydrogen) atoms. The number of benzene rings is 2. The highest BCUT2D eigenvalue weighted by Crippen LogP contribution is 2.33. The molecule has 0 aromatic heterocycles. The molecule has 9 nitrogen and oxygen atoms in total. The van der Waals surface area contributed by atoms with Gasteiger partial charge in [-0.1, -0.05) is 19.1 Å². The van der Waals surface area contributed by atoms with Gasteiger partial charge in [-0.3, -0.25) is 4.79 Å². The number of sulfonamides is 1.